The van der Waals surface area contributed by atoms with Crippen molar-refractivity contribution >= 4 is 32.3 Å². The van der Waals surface area contributed by atoms with Crippen molar-refractivity contribution in [2.45, 2.75) is 55.4 Å². The third kappa shape index (κ3) is 8.45. The molecule has 0 saturated heterocycles. The first kappa shape index (κ1) is 32.2. The van der Waals surface area contributed by atoms with Gasteiger partial charge in [-0.3, -0.25) is 0 Å². The summed E-state index contributed by atoms with van der Waals surface area (Å²) < 4.78 is 0. The second-order valence-corrected chi connectivity index (χ2v) is 11.9. The van der Waals surface area contributed by atoms with E-state index >= 15 is 0 Å². The van der Waals surface area contributed by atoms with Crippen molar-refractivity contribution in [3.8, 4) is 0 Å². The molecule has 44 heavy (non-hydrogen) atoms. The lowest BCUT2D eigenvalue weighted by Crippen LogP contribution is -1.80. The standard InChI is InChI=1S/3C12H12.C8H10/c1-9-5-3-8-12-10(2)6-4-7-11(9)12;1-9-6-7-11-5-3-4-10(2)12(11)8-9;1-9-7-8-10(2)12-6-4-3-5-11(9)12;1-7-3-5-8(2)6-4-7/h3*3-8H,1-2H3;3-6H,1-2H3. The van der Waals surface area contributed by atoms with Gasteiger partial charge in [0, 0.05) is 0 Å². The molecule has 0 fully saturated rings. The first-order valence-electron chi connectivity index (χ1n) is 15.5. The topological polar surface area (TPSA) is 0 Å². The van der Waals surface area contributed by atoms with Crippen LogP contribution in [-0.4, -0.2) is 0 Å². The van der Waals surface area contributed by atoms with E-state index < -0.39 is 0 Å². The fraction of sp³-hybridized carbons (Fsp3) is 0.182. The molecule has 7 aromatic rings. The predicted molar refractivity (Wildman–Crippen MR) is 196 cm³/mol. The van der Waals surface area contributed by atoms with Crippen LogP contribution in [0, 0.1) is 55.4 Å². The molecule has 0 saturated carbocycles. The smallest absolute Gasteiger partial charge is 0.0152 e. The minimum atomic E-state index is 1.33. The van der Waals surface area contributed by atoms with Crippen LogP contribution < -0.4 is 0 Å². The van der Waals surface area contributed by atoms with Crippen LogP contribution in [0.3, 0.4) is 0 Å². The van der Waals surface area contributed by atoms with E-state index in [1.165, 1.54) is 76.8 Å². The first-order valence-corrected chi connectivity index (χ1v) is 15.5. The Morgan fingerprint density at radius 2 is 0.591 bits per heavy atom. The van der Waals surface area contributed by atoms with Gasteiger partial charge >= 0.3 is 0 Å². The van der Waals surface area contributed by atoms with Crippen LogP contribution in [0.2, 0.25) is 0 Å². The molecule has 0 nitrogen and oxygen atoms in total. The van der Waals surface area contributed by atoms with Gasteiger partial charge in [0.05, 0.1) is 0 Å². The van der Waals surface area contributed by atoms with Crippen LogP contribution >= 0.6 is 0 Å². The average Bonchev–Trinajstić information content (AvgIpc) is 3.03. The molecule has 0 heteroatoms. The molecular weight excluding hydrogens is 528 g/mol. The Balaban J connectivity index is 0.000000135. The van der Waals surface area contributed by atoms with Crippen LogP contribution in [0.15, 0.2) is 133 Å². The highest BCUT2D eigenvalue weighted by molar-refractivity contribution is 5.89. The van der Waals surface area contributed by atoms with Crippen molar-refractivity contribution in [3.63, 3.8) is 0 Å². The van der Waals surface area contributed by atoms with Gasteiger partial charge in [0.25, 0.3) is 0 Å². The highest BCUT2D eigenvalue weighted by atomic mass is 14.0. The molecule has 0 amide bonds. The van der Waals surface area contributed by atoms with Gasteiger partial charge < -0.3 is 0 Å². The Hall–Kier alpha value is -4.68. The molecular formula is C44H46. The largest absolute Gasteiger partial charge is 0.0616 e. The highest BCUT2D eigenvalue weighted by Gasteiger charge is 1.98. The highest BCUT2D eigenvalue weighted by Crippen LogP contribution is 2.22. The van der Waals surface area contributed by atoms with Crippen molar-refractivity contribution in [2.24, 2.45) is 0 Å². The summed E-state index contributed by atoms with van der Waals surface area (Å²) in [6, 6.07) is 47.3. The minimum absolute atomic E-state index is 1.33. The number of hydrogen-bond donors (Lipinski definition) is 0. The summed E-state index contributed by atoms with van der Waals surface area (Å²) in [4.78, 5) is 0. The van der Waals surface area contributed by atoms with Crippen LogP contribution in [0.1, 0.15) is 44.5 Å². The van der Waals surface area contributed by atoms with E-state index in [1.807, 2.05) is 0 Å². The number of rotatable bonds is 0. The molecule has 0 aromatic heterocycles. The molecule has 0 aliphatic heterocycles. The molecule has 0 atom stereocenters. The lowest BCUT2D eigenvalue weighted by Gasteiger charge is -2.03. The third-order valence-electron chi connectivity index (χ3n) is 8.19. The van der Waals surface area contributed by atoms with Gasteiger partial charge in [0.1, 0.15) is 0 Å². The summed E-state index contributed by atoms with van der Waals surface area (Å²) >= 11 is 0. The lowest BCUT2D eigenvalue weighted by atomic mass is 10.0. The first-order chi connectivity index (χ1) is 21.1. The maximum Gasteiger partial charge on any atom is -0.0152 e. The van der Waals surface area contributed by atoms with Gasteiger partial charge in [-0.05, 0) is 116 Å². The zero-order valence-electron chi connectivity index (χ0n) is 27.7. The maximum atomic E-state index is 2.24. The normalized spacial score (nSPS) is 10.3. The van der Waals surface area contributed by atoms with Crippen molar-refractivity contribution in [2.75, 3.05) is 0 Å². The Bertz CT molecular complexity index is 1820. The van der Waals surface area contributed by atoms with Gasteiger partial charge in [-0.25, -0.2) is 0 Å². The van der Waals surface area contributed by atoms with E-state index in [1.54, 1.807) is 0 Å². The number of fused-ring (bicyclic) bond motifs is 3. The van der Waals surface area contributed by atoms with Gasteiger partial charge in [0.15, 0.2) is 0 Å². The van der Waals surface area contributed by atoms with E-state index in [0.717, 1.165) is 0 Å². The van der Waals surface area contributed by atoms with Crippen LogP contribution in [0.5, 0.6) is 0 Å². The second kappa shape index (κ2) is 15.2. The summed E-state index contributed by atoms with van der Waals surface area (Å²) in [6.07, 6.45) is 0. The zero-order valence-corrected chi connectivity index (χ0v) is 27.7. The Kier molecular flexibility index (Phi) is 11.1. The molecule has 7 aromatic carbocycles. The molecule has 0 radical (unpaired) electrons. The molecule has 0 bridgehead atoms. The van der Waals surface area contributed by atoms with E-state index in [0.29, 0.717) is 0 Å². The molecule has 0 N–H and O–H groups in total. The lowest BCUT2D eigenvalue weighted by molar-refractivity contribution is 1.40. The summed E-state index contributed by atoms with van der Waals surface area (Å²) in [5.41, 5.74) is 10.8. The van der Waals surface area contributed by atoms with Crippen molar-refractivity contribution < 1.29 is 0 Å². The number of aryl methyl sites for hydroxylation is 8. The number of benzene rings is 7. The Morgan fingerprint density at radius 1 is 0.250 bits per heavy atom. The molecule has 222 valence electrons. The predicted octanol–water partition coefficient (Wildman–Crippen LogP) is 12.7. The molecule has 0 aliphatic carbocycles. The summed E-state index contributed by atoms with van der Waals surface area (Å²) in [7, 11) is 0. The van der Waals surface area contributed by atoms with E-state index in [9.17, 15) is 0 Å². The summed E-state index contributed by atoms with van der Waals surface area (Å²) in [5.74, 6) is 0. The third-order valence-corrected chi connectivity index (χ3v) is 8.19. The molecule has 7 rings (SSSR count). The van der Waals surface area contributed by atoms with Crippen LogP contribution in [-0.2, 0) is 0 Å². The zero-order chi connectivity index (χ0) is 31.6. The van der Waals surface area contributed by atoms with Crippen LogP contribution in [0.25, 0.3) is 32.3 Å². The fourth-order valence-electron chi connectivity index (χ4n) is 5.40. The second-order valence-electron chi connectivity index (χ2n) is 11.9. The molecule has 0 heterocycles. The molecule has 0 unspecified atom stereocenters. The minimum Gasteiger partial charge on any atom is -0.0616 e. The van der Waals surface area contributed by atoms with E-state index in [2.05, 4.69) is 189 Å². The monoisotopic (exact) mass is 574 g/mol. The van der Waals surface area contributed by atoms with Crippen molar-refractivity contribution in [3.05, 3.63) is 178 Å². The number of hydrogen-bond acceptors (Lipinski definition) is 0. The van der Waals surface area contributed by atoms with Crippen molar-refractivity contribution in [1.29, 1.82) is 0 Å². The van der Waals surface area contributed by atoms with Crippen molar-refractivity contribution in [1.82, 2.24) is 0 Å². The Labute approximate surface area is 265 Å². The Morgan fingerprint density at radius 3 is 1.05 bits per heavy atom. The van der Waals surface area contributed by atoms with Gasteiger partial charge in [-0.2, -0.15) is 0 Å². The molecule has 0 spiro atoms. The fourth-order valence-corrected chi connectivity index (χ4v) is 5.40. The quantitative estimate of drug-likeness (QED) is 0.169. The molecule has 0 aliphatic rings. The van der Waals surface area contributed by atoms with Gasteiger partial charge in [-0.15, -0.1) is 0 Å². The maximum absolute atomic E-state index is 2.24. The summed E-state index contributed by atoms with van der Waals surface area (Å²) in [6.45, 7) is 17.1. The van der Waals surface area contributed by atoms with Gasteiger partial charge in [-0.1, -0.05) is 150 Å². The van der Waals surface area contributed by atoms with Crippen LogP contribution in [0.4, 0.5) is 0 Å². The van der Waals surface area contributed by atoms with Gasteiger partial charge in [0.2, 0.25) is 0 Å². The average molecular weight is 575 g/mol. The van der Waals surface area contributed by atoms with E-state index in [4.69, 9.17) is 0 Å². The van der Waals surface area contributed by atoms with E-state index in [-0.39, 0.29) is 0 Å². The summed E-state index contributed by atoms with van der Waals surface area (Å²) in [5, 5.41) is 8.20. The SMILES string of the molecule is Cc1ccc(C)c2ccccc12.Cc1ccc(C)cc1.Cc1ccc2cccc(C)c2c1.Cc1cccc2c(C)cccc12.